The first-order valence-corrected chi connectivity index (χ1v) is 8.76. The molecule has 0 aliphatic carbocycles. The minimum atomic E-state index is 0.148. The number of carbonyl (C=O) groups excluding carboxylic acids is 1. The molecule has 0 aliphatic rings. The van der Waals surface area contributed by atoms with Crippen LogP contribution in [0.3, 0.4) is 0 Å². The fourth-order valence-corrected chi connectivity index (χ4v) is 2.57. The summed E-state index contributed by atoms with van der Waals surface area (Å²) in [5.41, 5.74) is 2.16. The highest BCUT2D eigenvalue weighted by Gasteiger charge is 2.15. The Kier molecular flexibility index (Phi) is 7.48. The van der Waals surface area contributed by atoms with E-state index < -0.39 is 0 Å². The third kappa shape index (κ3) is 6.59. The van der Waals surface area contributed by atoms with Gasteiger partial charge in [-0.2, -0.15) is 0 Å². The van der Waals surface area contributed by atoms with Crippen LogP contribution >= 0.6 is 0 Å². The van der Waals surface area contributed by atoms with Gasteiger partial charge in [0.05, 0.1) is 13.0 Å². The molecule has 0 aromatic heterocycles. The SMILES string of the molecule is CCOc1ccc(CC(=O)N(CCN(C)C)Cc2ccccc2)cc1. The molecule has 0 N–H and O–H groups in total. The zero-order valence-corrected chi connectivity index (χ0v) is 15.4. The molecule has 25 heavy (non-hydrogen) atoms. The summed E-state index contributed by atoms with van der Waals surface area (Å²) in [4.78, 5) is 16.9. The summed E-state index contributed by atoms with van der Waals surface area (Å²) in [7, 11) is 4.05. The van der Waals surface area contributed by atoms with Crippen molar-refractivity contribution in [2.75, 3.05) is 33.8 Å². The van der Waals surface area contributed by atoms with Crippen LogP contribution < -0.4 is 4.74 Å². The summed E-state index contributed by atoms with van der Waals surface area (Å²) < 4.78 is 5.46. The van der Waals surface area contributed by atoms with E-state index in [1.807, 2.05) is 68.4 Å². The number of likely N-dealkylation sites (N-methyl/N-ethyl adjacent to an activating group) is 1. The van der Waals surface area contributed by atoms with E-state index in [0.717, 1.165) is 30.0 Å². The van der Waals surface area contributed by atoms with E-state index in [-0.39, 0.29) is 5.91 Å². The number of hydrogen-bond donors (Lipinski definition) is 0. The van der Waals surface area contributed by atoms with Crippen molar-refractivity contribution in [1.29, 1.82) is 0 Å². The lowest BCUT2D eigenvalue weighted by atomic mass is 10.1. The molecule has 134 valence electrons. The van der Waals surface area contributed by atoms with Crippen LogP contribution in [-0.2, 0) is 17.8 Å². The first kappa shape index (κ1) is 19.0. The number of rotatable bonds is 9. The molecular weight excluding hydrogens is 312 g/mol. The van der Waals surface area contributed by atoms with Gasteiger partial charge in [-0.15, -0.1) is 0 Å². The highest BCUT2D eigenvalue weighted by Crippen LogP contribution is 2.14. The van der Waals surface area contributed by atoms with Crippen molar-refractivity contribution in [3.05, 3.63) is 65.7 Å². The van der Waals surface area contributed by atoms with Crippen molar-refractivity contribution in [1.82, 2.24) is 9.80 Å². The van der Waals surface area contributed by atoms with E-state index in [0.29, 0.717) is 19.6 Å². The molecule has 4 nitrogen and oxygen atoms in total. The van der Waals surface area contributed by atoms with Gasteiger partial charge in [-0.25, -0.2) is 0 Å². The molecule has 0 saturated heterocycles. The average Bonchev–Trinajstić information content (AvgIpc) is 2.61. The Hall–Kier alpha value is -2.33. The molecule has 2 rings (SSSR count). The standard InChI is InChI=1S/C21H28N2O2/c1-4-25-20-12-10-18(11-13-20)16-21(24)23(15-14-22(2)3)17-19-8-6-5-7-9-19/h5-13H,4,14-17H2,1-3H3. The van der Waals surface area contributed by atoms with E-state index in [1.165, 1.54) is 0 Å². The molecule has 0 unspecified atom stereocenters. The van der Waals surface area contributed by atoms with E-state index in [1.54, 1.807) is 0 Å². The third-order valence-electron chi connectivity index (χ3n) is 3.98. The predicted molar refractivity (Wildman–Crippen MR) is 102 cm³/mol. The summed E-state index contributed by atoms with van der Waals surface area (Å²) in [6.45, 7) is 4.82. The van der Waals surface area contributed by atoms with Gasteiger partial charge in [0.15, 0.2) is 0 Å². The van der Waals surface area contributed by atoms with Crippen LogP contribution in [0.15, 0.2) is 54.6 Å². The van der Waals surface area contributed by atoms with E-state index in [4.69, 9.17) is 4.74 Å². The van der Waals surface area contributed by atoms with Crippen molar-refractivity contribution in [3.8, 4) is 5.75 Å². The number of hydrogen-bond acceptors (Lipinski definition) is 3. The van der Waals surface area contributed by atoms with Crippen LogP contribution in [0.1, 0.15) is 18.1 Å². The second-order valence-corrected chi connectivity index (χ2v) is 6.36. The molecule has 0 saturated carbocycles. The molecule has 0 heterocycles. The molecule has 2 aromatic rings. The van der Waals surface area contributed by atoms with Gasteiger partial charge >= 0.3 is 0 Å². The van der Waals surface area contributed by atoms with Crippen LogP contribution in [0, 0.1) is 0 Å². The quantitative estimate of drug-likeness (QED) is 0.703. The molecular formula is C21H28N2O2. The Balaban J connectivity index is 2.02. The van der Waals surface area contributed by atoms with Gasteiger partial charge in [0, 0.05) is 19.6 Å². The maximum absolute atomic E-state index is 12.8. The lowest BCUT2D eigenvalue weighted by Gasteiger charge is -2.25. The van der Waals surface area contributed by atoms with Crippen molar-refractivity contribution in [2.45, 2.75) is 19.9 Å². The minimum absolute atomic E-state index is 0.148. The van der Waals surface area contributed by atoms with Crippen LogP contribution in [0.25, 0.3) is 0 Å². The monoisotopic (exact) mass is 340 g/mol. The topological polar surface area (TPSA) is 32.8 Å². The largest absolute Gasteiger partial charge is 0.494 e. The summed E-state index contributed by atoms with van der Waals surface area (Å²) in [6, 6.07) is 17.9. The maximum atomic E-state index is 12.8. The Bertz CT molecular complexity index is 639. The maximum Gasteiger partial charge on any atom is 0.227 e. The van der Waals surface area contributed by atoms with E-state index >= 15 is 0 Å². The number of benzene rings is 2. The van der Waals surface area contributed by atoms with Crippen molar-refractivity contribution >= 4 is 5.91 Å². The second-order valence-electron chi connectivity index (χ2n) is 6.36. The lowest BCUT2D eigenvalue weighted by molar-refractivity contribution is -0.131. The summed E-state index contributed by atoms with van der Waals surface area (Å²) >= 11 is 0. The molecule has 0 radical (unpaired) electrons. The Morgan fingerprint density at radius 3 is 2.20 bits per heavy atom. The third-order valence-corrected chi connectivity index (χ3v) is 3.98. The number of nitrogens with zero attached hydrogens (tertiary/aromatic N) is 2. The zero-order valence-electron chi connectivity index (χ0n) is 15.4. The van der Waals surface area contributed by atoms with E-state index in [2.05, 4.69) is 17.0 Å². The molecule has 2 aromatic carbocycles. The van der Waals surface area contributed by atoms with Gasteiger partial charge in [0.2, 0.25) is 5.91 Å². The highest BCUT2D eigenvalue weighted by atomic mass is 16.5. The zero-order chi connectivity index (χ0) is 18.1. The van der Waals surface area contributed by atoms with Crippen molar-refractivity contribution < 1.29 is 9.53 Å². The molecule has 4 heteroatoms. The minimum Gasteiger partial charge on any atom is -0.494 e. The molecule has 0 fully saturated rings. The number of carbonyl (C=O) groups is 1. The molecule has 0 spiro atoms. The molecule has 0 bridgehead atoms. The van der Waals surface area contributed by atoms with Gasteiger partial charge in [-0.1, -0.05) is 42.5 Å². The normalized spacial score (nSPS) is 10.7. The fraction of sp³-hybridized carbons (Fsp3) is 0.381. The lowest BCUT2D eigenvalue weighted by Crippen LogP contribution is -2.37. The smallest absolute Gasteiger partial charge is 0.227 e. The van der Waals surface area contributed by atoms with Gasteiger partial charge in [-0.3, -0.25) is 4.79 Å². The van der Waals surface area contributed by atoms with Gasteiger partial charge in [0.25, 0.3) is 0 Å². The fourth-order valence-electron chi connectivity index (χ4n) is 2.57. The van der Waals surface area contributed by atoms with Gasteiger partial charge in [-0.05, 0) is 44.3 Å². The van der Waals surface area contributed by atoms with Crippen LogP contribution in [-0.4, -0.2) is 49.5 Å². The second kappa shape index (κ2) is 9.84. The summed E-state index contributed by atoms with van der Waals surface area (Å²) in [6.07, 6.45) is 0.409. The van der Waals surface area contributed by atoms with Crippen LogP contribution in [0.5, 0.6) is 5.75 Å². The van der Waals surface area contributed by atoms with E-state index in [9.17, 15) is 4.79 Å². The Morgan fingerprint density at radius 2 is 1.60 bits per heavy atom. The molecule has 1 amide bonds. The van der Waals surface area contributed by atoms with Crippen molar-refractivity contribution in [3.63, 3.8) is 0 Å². The summed E-state index contributed by atoms with van der Waals surface area (Å²) in [5.74, 6) is 0.988. The highest BCUT2D eigenvalue weighted by molar-refractivity contribution is 5.78. The van der Waals surface area contributed by atoms with Crippen LogP contribution in [0.4, 0.5) is 0 Å². The Labute approximate surface area is 151 Å². The average molecular weight is 340 g/mol. The first-order valence-electron chi connectivity index (χ1n) is 8.76. The molecule has 0 aliphatic heterocycles. The number of ether oxygens (including phenoxy) is 1. The van der Waals surface area contributed by atoms with Crippen molar-refractivity contribution in [2.24, 2.45) is 0 Å². The first-order chi connectivity index (χ1) is 12.1. The van der Waals surface area contributed by atoms with Gasteiger partial charge < -0.3 is 14.5 Å². The molecule has 0 atom stereocenters. The van der Waals surface area contributed by atoms with Crippen LogP contribution in [0.2, 0.25) is 0 Å². The predicted octanol–water partition coefficient (Wildman–Crippen LogP) is 3.22. The van der Waals surface area contributed by atoms with Gasteiger partial charge in [0.1, 0.15) is 5.75 Å². The Morgan fingerprint density at radius 1 is 0.920 bits per heavy atom. The number of amides is 1. The summed E-state index contributed by atoms with van der Waals surface area (Å²) in [5, 5.41) is 0.